The summed E-state index contributed by atoms with van der Waals surface area (Å²) in [5.74, 6) is 0. The molecule has 19 heavy (non-hydrogen) atoms. The van der Waals surface area contributed by atoms with Crippen LogP contribution in [0.2, 0.25) is 0 Å². The van der Waals surface area contributed by atoms with Crippen molar-refractivity contribution in [3.8, 4) is 0 Å². The van der Waals surface area contributed by atoms with Crippen LogP contribution < -0.4 is 5.32 Å². The Morgan fingerprint density at radius 1 is 1.26 bits per heavy atom. The first-order valence-electron chi connectivity index (χ1n) is 7.94. The quantitative estimate of drug-likeness (QED) is 0.786. The molecular formula is C15H28N2O2. The largest absolute Gasteiger partial charge is 0.381 e. The van der Waals surface area contributed by atoms with E-state index in [1.165, 1.54) is 32.2 Å². The SMILES string of the molecule is CCC1COCCN1CC1(CNC2CC2)CCOC1. The molecular weight excluding hydrogens is 240 g/mol. The lowest BCUT2D eigenvalue weighted by atomic mass is 9.85. The summed E-state index contributed by atoms with van der Waals surface area (Å²) in [6, 6.07) is 1.40. The third kappa shape index (κ3) is 3.48. The van der Waals surface area contributed by atoms with Gasteiger partial charge in [0.2, 0.25) is 0 Å². The van der Waals surface area contributed by atoms with Crippen molar-refractivity contribution in [1.29, 1.82) is 0 Å². The number of nitrogens with one attached hydrogen (secondary N) is 1. The van der Waals surface area contributed by atoms with Gasteiger partial charge in [-0.3, -0.25) is 4.90 Å². The van der Waals surface area contributed by atoms with Gasteiger partial charge in [-0.05, 0) is 25.7 Å². The number of hydrogen-bond donors (Lipinski definition) is 1. The summed E-state index contributed by atoms with van der Waals surface area (Å²) in [6.45, 7) is 9.33. The molecule has 1 N–H and O–H groups in total. The Kier molecular flexibility index (Phi) is 4.42. The summed E-state index contributed by atoms with van der Waals surface area (Å²) < 4.78 is 11.3. The van der Waals surface area contributed by atoms with Crippen molar-refractivity contribution in [2.75, 3.05) is 46.1 Å². The van der Waals surface area contributed by atoms with E-state index in [1.54, 1.807) is 0 Å². The van der Waals surface area contributed by atoms with E-state index in [1.807, 2.05) is 0 Å². The van der Waals surface area contributed by atoms with Crippen LogP contribution in [-0.4, -0.2) is 63.0 Å². The van der Waals surface area contributed by atoms with E-state index in [9.17, 15) is 0 Å². The summed E-state index contributed by atoms with van der Waals surface area (Å²) in [5, 5.41) is 3.72. The van der Waals surface area contributed by atoms with Crippen LogP contribution in [0.15, 0.2) is 0 Å². The van der Waals surface area contributed by atoms with Crippen LogP contribution in [-0.2, 0) is 9.47 Å². The highest BCUT2D eigenvalue weighted by Gasteiger charge is 2.39. The maximum absolute atomic E-state index is 5.73. The van der Waals surface area contributed by atoms with E-state index in [0.29, 0.717) is 11.5 Å². The predicted molar refractivity (Wildman–Crippen MR) is 75.4 cm³/mol. The van der Waals surface area contributed by atoms with Crippen molar-refractivity contribution in [2.45, 2.75) is 44.7 Å². The van der Waals surface area contributed by atoms with Crippen LogP contribution in [0.4, 0.5) is 0 Å². The van der Waals surface area contributed by atoms with Crippen molar-refractivity contribution in [2.24, 2.45) is 5.41 Å². The Morgan fingerprint density at radius 2 is 2.16 bits per heavy atom. The summed E-state index contributed by atoms with van der Waals surface area (Å²) in [4.78, 5) is 2.65. The number of rotatable bonds is 6. The predicted octanol–water partition coefficient (Wildman–Crippen LogP) is 1.26. The van der Waals surface area contributed by atoms with Gasteiger partial charge in [-0.1, -0.05) is 6.92 Å². The molecule has 2 atom stereocenters. The first-order valence-corrected chi connectivity index (χ1v) is 7.94. The maximum atomic E-state index is 5.73. The molecule has 0 radical (unpaired) electrons. The van der Waals surface area contributed by atoms with Crippen molar-refractivity contribution < 1.29 is 9.47 Å². The number of morpholine rings is 1. The zero-order valence-corrected chi connectivity index (χ0v) is 12.2. The van der Waals surface area contributed by atoms with E-state index < -0.39 is 0 Å². The fourth-order valence-electron chi connectivity index (χ4n) is 3.32. The molecule has 0 amide bonds. The lowest BCUT2D eigenvalue weighted by Gasteiger charge is -2.41. The van der Waals surface area contributed by atoms with Gasteiger partial charge in [0.15, 0.2) is 0 Å². The molecule has 4 heteroatoms. The zero-order chi connectivity index (χ0) is 13.1. The second-order valence-corrected chi connectivity index (χ2v) is 6.57. The van der Waals surface area contributed by atoms with Gasteiger partial charge < -0.3 is 14.8 Å². The van der Waals surface area contributed by atoms with Crippen LogP contribution in [0.3, 0.4) is 0 Å². The molecule has 1 saturated carbocycles. The lowest BCUT2D eigenvalue weighted by molar-refractivity contribution is -0.0295. The van der Waals surface area contributed by atoms with E-state index in [2.05, 4.69) is 17.1 Å². The Labute approximate surface area is 116 Å². The molecule has 0 aromatic rings. The molecule has 0 spiro atoms. The van der Waals surface area contributed by atoms with E-state index >= 15 is 0 Å². The zero-order valence-electron chi connectivity index (χ0n) is 12.2. The Morgan fingerprint density at radius 3 is 2.84 bits per heavy atom. The van der Waals surface area contributed by atoms with Gasteiger partial charge in [-0.2, -0.15) is 0 Å². The fourth-order valence-corrected chi connectivity index (χ4v) is 3.32. The van der Waals surface area contributed by atoms with E-state index in [4.69, 9.17) is 9.47 Å². The molecule has 3 rings (SSSR count). The first-order chi connectivity index (χ1) is 9.31. The molecule has 0 aromatic carbocycles. The highest BCUT2D eigenvalue weighted by molar-refractivity contribution is 4.93. The van der Waals surface area contributed by atoms with Crippen LogP contribution in [0.25, 0.3) is 0 Å². The highest BCUT2D eigenvalue weighted by Crippen LogP contribution is 2.32. The summed E-state index contributed by atoms with van der Waals surface area (Å²) in [5.41, 5.74) is 0.341. The standard InChI is InChI=1S/C15H28N2O2/c1-2-14-9-18-8-6-17(14)11-15(5-7-19-12-15)10-16-13-3-4-13/h13-14,16H,2-12H2,1H3. The Hall–Kier alpha value is -0.160. The molecule has 3 aliphatic rings. The molecule has 0 aromatic heterocycles. The number of hydrogen-bond acceptors (Lipinski definition) is 4. The summed E-state index contributed by atoms with van der Waals surface area (Å²) in [6.07, 6.45) is 5.13. The van der Waals surface area contributed by atoms with Gasteiger partial charge >= 0.3 is 0 Å². The molecule has 1 aliphatic carbocycles. The molecule has 110 valence electrons. The van der Waals surface area contributed by atoms with Crippen LogP contribution >= 0.6 is 0 Å². The molecule has 2 aliphatic heterocycles. The van der Waals surface area contributed by atoms with Crippen molar-refractivity contribution in [1.82, 2.24) is 10.2 Å². The molecule has 0 bridgehead atoms. The number of ether oxygens (including phenoxy) is 2. The minimum absolute atomic E-state index is 0.341. The van der Waals surface area contributed by atoms with Gasteiger partial charge in [-0.15, -0.1) is 0 Å². The van der Waals surface area contributed by atoms with Gasteiger partial charge in [0.25, 0.3) is 0 Å². The van der Waals surface area contributed by atoms with Crippen LogP contribution in [0.5, 0.6) is 0 Å². The maximum Gasteiger partial charge on any atom is 0.0622 e. The van der Waals surface area contributed by atoms with Gasteiger partial charge in [0, 0.05) is 43.7 Å². The average molecular weight is 268 g/mol. The van der Waals surface area contributed by atoms with Gasteiger partial charge in [-0.25, -0.2) is 0 Å². The second-order valence-electron chi connectivity index (χ2n) is 6.57. The normalized spacial score (nSPS) is 36.8. The first kappa shape index (κ1) is 13.8. The minimum Gasteiger partial charge on any atom is -0.381 e. The lowest BCUT2D eigenvalue weighted by Crippen LogP contribution is -2.52. The molecule has 4 nitrogen and oxygen atoms in total. The molecule has 3 fully saturated rings. The Bertz CT molecular complexity index is 288. The summed E-state index contributed by atoms with van der Waals surface area (Å²) >= 11 is 0. The van der Waals surface area contributed by atoms with Gasteiger partial charge in [0.05, 0.1) is 19.8 Å². The summed E-state index contributed by atoms with van der Waals surface area (Å²) in [7, 11) is 0. The fraction of sp³-hybridized carbons (Fsp3) is 1.00. The molecule has 2 heterocycles. The molecule has 2 unspecified atom stereocenters. The third-order valence-electron chi connectivity index (χ3n) is 4.89. The topological polar surface area (TPSA) is 33.7 Å². The van der Waals surface area contributed by atoms with E-state index in [-0.39, 0.29) is 0 Å². The van der Waals surface area contributed by atoms with Crippen LogP contribution in [0, 0.1) is 5.41 Å². The van der Waals surface area contributed by atoms with Crippen molar-refractivity contribution in [3.05, 3.63) is 0 Å². The Balaban J connectivity index is 1.58. The number of nitrogens with zero attached hydrogens (tertiary/aromatic N) is 1. The third-order valence-corrected chi connectivity index (χ3v) is 4.89. The second kappa shape index (κ2) is 6.08. The van der Waals surface area contributed by atoms with E-state index in [0.717, 1.165) is 45.6 Å². The van der Waals surface area contributed by atoms with Gasteiger partial charge in [0.1, 0.15) is 0 Å². The average Bonchev–Trinajstić information content (AvgIpc) is 3.17. The van der Waals surface area contributed by atoms with Crippen molar-refractivity contribution in [3.63, 3.8) is 0 Å². The van der Waals surface area contributed by atoms with Crippen molar-refractivity contribution >= 4 is 0 Å². The molecule has 2 saturated heterocycles. The smallest absolute Gasteiger partial charge is 0.0622 e. The highest BCUT2D eigenvalue weighted by atomic mass is 16.5. The van der Waals surface area contributed by atoms with Crippen LogP contribution in [0.1, 0.15) is 32.6 Å². The minimum atomic E-state index is 0.341. The monoisotopic (exact) mass is 268 g/mol.